The molecule has 2 nitrogen and oxygen atoms in total. The molecule has 0 aliphatic heterocycles. The molecule has 13 heavy (non-hydrogen) atoms. The molecule has 0 saturated heterocycles. The van der Waals surface area contributed by atoms with Crippen molar-refractivity contribution in [1.29, 1.82) is 0 Å². The van der Waals surface area contributed by atoms with E-state index in [1.54, 1.807) is 0 Å². The Balaban J connectivity index is 1.91. The zero-order valence-electron chi connectivity index (χ0n) is 7.95. The van der Waals surface area contributed by atoms with Crippen LogP contribution < -0.4 is 0 Å². The van der Waals surface area contributed by atoms with E-state index >= 15 is 0 Å². The molecule has 4 saturated carbocycles. The SMILES string of the molecule is O/N=C\C12CC3CC(CC(C3)C1)C2. The van der Waals surface area contributed by atoms with Crippen molar-refractivity contribution < 1.29 is 5.21 Å². The van der Waals surface area contributed by atoms with Crippen molar-refractivity contribution in [1.82, 2.24) is 0 Å². The summed E-state index contributed by atoms with van der Waals surface area (Å²) < 4.78 is 0. The average Bonchev–Trinajstić information content (AvgIpc) is 2.00. The van der Waals surface area contributed by atoms with Crippen LogP contribution in [-0.2, 0) is 0 Å². The van der Waals surface area contributed by atoms with Gasteiger partial charge in [0.1, 0.15) is 0 Å². The van der Waals surface area contributed by atoms with Gasteiger partial charge < -0.3 is 5.21 Å². The fourth-order valence-electron chi connectivity index (χ4n) is 4.46. The van der Waals surface area contributed by atoms with Crippen molar-refractivity contribution in [2.75, 3.05) is 0 Å². The maximum atomic E-state index is 8.70. The highest BCUT2D eigenvalue weighted by Gasteiger charge is 2.50. The van der Waals surface area contributed by atoms with Crippen molar-refractivity contribution in [3.63, 3.8) is 0 Å². The zero-order chi connectivity index (χ0) is 8.89. The number of rotatable bonds is 1. The van der Waals surface area contributed by atoms with Crippen LogP contribution in [0.5, 0.6) is 0 Å². The van der Waals surface area contributed by atoms with Gasteiger partial charge in [0.05, 0.1) is 0 Å². The minimum atomic E-state index is 0.309. The third-order valence-electron chi connectivity index (χ3n) is 4.42. The number of hydrogen-bond donors (Lipinski definition) is 1. The molecule has 2 heteroatoms. The molecule has 4 aliphatic carbocycles. The fourth-order valence-corrected chi connectivity index (χ4v) is 4.46. The normalized spacial score (nSPS) is 53.4. The monoisotopic (exact) mass is 179 g/mol. The number of hydrogen-bond acceptors (Lipinski definition) is 2. The summed E-state index contributed by atoms with van der Waals surface area (Å²) in [6, 6.07) is 0. The molecule has 0 aromatic rings. The second-order valence-corrected chi connectivity index (χ2v) is 5.52. The van der Waals surface area contributed by atoms with Crippen LogP contribution in [0.2, 0.25) is 0 Å². The number of oxime groups is 1. The Labute approximate surface area is 79.0 Å². The quantitative estimate of drug-likeness (QED) is 0.374. The molecule has 0 heterocycles. The van der Waals surface area contributed by atoms with Gasteiger partial charge in [0.2, 0.25) is 0 Å². The Morgan fingerprint density at radius 2 is 1.46 bits per heavy atom. The Hall–Kier alpha value is -0.530. The van der Waals surface area contributed by atoms with E-state index in [9.17, 15) is 0 Å². The highest BCUT2D eigenvalue weighted by atomic mass is 16.4. The molecule has 4 fully saturated rings. The predicted octanol–water partition coefficient (Wildman–Crippen LogP) is 2.66. The van der Waals surface area contributed by atoms with Gasteiger partial charge in [-0.2, -0.15) is 0 Å². The van der Waals surface area contributed by atoms with Gasteiger partial charge in [0.25, 0.3) is 0 Å². The van der Waals surface area contributed by atoms with Gasteiger partial charge in [0.15, 0.2) is 0 Å². The lowest BCUT2D eigenvalue weighted by Crippen LogP contribution is -2.46. The minimum Gasteiger partial charge on any atom is -0.411 e. The molecule has 0 amide bonds. The highest BCUT2D eigenvalue weighted by Crippen LogP contribution is 2.59. The minimum absolute atomic E-state index is 0.309. The summed E-state index contributed by atoms with van der Waals surface area (Å²) in [5.74, 6) is 2.85. The van der Waals surface area contributed by atoms with Crippen LogP contribution in [0.25, 0.3) is 0 Å². The molecule has 4 bridgehead atoms. The fraction of sp³-hybridized carbons (Fsp3) is 0.909. The second-order valence-electron chi connectivity index (χ2n) is 5.52. The molecule has 0 spiro atoms. The van der Waals surface area contributed by atoms with Crippen molar-refractivity contribution in [2.24, 2.45) is 28.3 Å². The zero-order valence-corrected chi connectivity index (χ0v) is 7.95. The first kappa shape index (κ1) is 7.84. The topological polar surface area (TPSA) is 32.6 Å². The first-order chi connectivity index (χ1) is 6.30. The van der Waals surface area contributed by atoms with Crippen molar-refractivity contribution in [2.45, 2.75) is 38.5 Å². The Morgan fingerprint density at radius 1 is 1.00 bits per heavy atom. The van der Waals surface area contributed by atoms with Crippen LogP contribution in [0.1, 0.15) is 38.5 Å². The Kier molecular flexibility index (Phi) is 1.50. The first-order valence-electron chi connectivity index (χ1n) is 5.48. The third kappa shape index (κ3) is 1.11. The van der Waals surface area contributed by atoms with E-state index < -0.39 is 0 Å². The van der Waals surface area contributed by atoms with E-state index in [1.165, 1.54) is 38.5 Å². The van der Waals surface area contributed by atoms with Crippen LogP contribution >= 0.6 is 0 Å². The Bertz CT molecular complexity index is 211. The maximum Gasteiger partial charge on any atom is 0.0498 e. The third-order valence-corrected chi connectivity index (χ3v) is 4.42. The van der Waals surface area contributed by atoms with E-state index in [1.807, 2.05) is 6.21 Å². The van der Waals surface area contributed by atoms with Crippen LogP contribution in [0.3, 0.4) is 0 Å². The maximum absolute atomic E-state index is 8.70. The molecule has 0 unspecified atom stereocenters. The van der Waals surface area contributed by atoms with Crippen molar-refractivity contribution in [3.8, 4) is 0 Å². The summed E-state index contributed by atoms with van der Waals surface area (Å²) in [4.78, 5) is 0. The van der Waals surface area contributed by atoms with Crippen LogP contribution in [-0.4, -0.2) is 11.4 Å². The summed E-state index contributed by atoms with van der Waals surface area (Å²) in [5.41, 5.74) is 0.309. The van der Waals surface area contributed by atoms with Crippen LogP contribution in [0.4, 0.5) is 0 Å². The van der Waals surface area contributed by atoms with Gasteiger partial charge in [-0.05, 0) is 56.3 Å². The molecule has 0 radical (unpaired) electrons. The summed E-state index contributed by atoms with van der Waals surface area (Å²) in [5, 5.41) is 12.0. The first-order valence-corrected chi connectivity index (χ1v) is 5.48. The van der Waals surface area contributed by atoms with E-state index in [2.05, 4.69) is 5.16 Å². The van der Waals surface area contributed by atoms with Gasteiger partial charge >= 0.3 is 0 Å². The molecule has 4 aliphatic rings. The van der Waals surface area contributed by atoms with E-state index in [0.29, 0.717) is 5.41 Å². The lowest BCUT2D eigenvalue weighted by Gasteiger charge is -2.55. The molecule has 4 rings (SSSR count). The van der Waals surface area contributed by atoms with E-state index in [0.717, 1.165) is 17.8 Å². The lowest BCUT2D eigenvalue weighted by atomic mass is 9.50. The molecule has 72 valence electrons. The smallest absolute Gasteiger partial charge is 0.0498 e. The molecule has 1 N–H and O–H groups in total. The largest absolute Gasteiger partial charge is 0.411 e. The second kappa shape index (κ2) is 2.49. The van der Waals surface area contributed by atoms with Gasteiger partial charge in [0, 0.05) is 11.6 Å². The molecular formula is C11H17NO. The van der Waals surface area contributed by atoms with Gasteiger partial charge in [-0.1, -0.05) is 0 Å². The lowest BCUT2D eigenvalue weighted by molar-refractivity contribution is -0.0107. The molecule has 0 atom stereocenters. The number of nitrogens with zero attached hydrogens (tertiary/aromatic N) is 1. The predicted molar refractivity (Wildman–Crippen MR) is 50.9 cm³/mol. The van der Waals surface area contributed by atoms with Crippen LogP contribution in [0.15, 0.2) is 5.16 Å². The van der Waals surface area contributed by atoms with Gasteiger partial charge in [-0.25, -0.2) is 0 Å². The van der Waals surface area contributed by atoms with E-state index in [-0.39, 0.29) is 0 Å². The van der Waals surface area contributed by atoms with E-state index in [4.69, 9.17) is 5.21 Å². The summed E-state index contributed by atoms with van der Waals surface area (Å²) in [6.45, 7) is 0. The van der Waals surface area contributed by atoms with Gasteiger partial charge in [-0.3, -0.25) is 0 Å². The van der Waals surface area contributed by atoms with Crippen molar-refractivity contribution in [3.05, 3.63) is 0 Å². The average molecular weight is 179 g/mol. The molecule has 0 aromatic heterocycles. The van der Waals surface area contributed by atoms with Crippen molar-refractivity contribution >= 4 is 6.21 Å². The standard InChI is InChI=1S/C11H17NO/c13-12-7-11-4-8-1-9(5-11)3-10(2-8)6-11/h7-10,13H,1-6H2/b12-7-. The molecular weight excluding hydrogens is 162 g/mol. The summed E-state index contributed by atoms with van der Waals surface area (Å²) in [6.07, 6.45) is 10.1. The van der Waals surface area contributed by atoms with Crippen LogP contribution in [0, 0.1) is 23.2 Å². The molecule has 0 aromatic carbocycles. The Morgan fingerprint density at radius 3 is 1.85 bits per heavy atom. The highest BCUT2D eigenvalue weighted by molar-refractivity contribution is 5.66. The summed E-state index contributed by atoms with van der Waals surface area (Å²) >= 11 is 0. The summed E-state index contributed by atoms with van der Waals surface area (Å²) in [7, 11) is 0. The van der Waals surface area contributed by atoms with Gasteiger partial charge in [-0.15, -0.1) is 5.16 Å².